The predicted octanol–water partition coefficient (Wildman–Crippen LogP) is 3.71. The smallest absolute Gasteiger partial charge is 0.226 e. The fourth-order valence-corrected chi connectivity index (χ4v) is 6.50. The van der Waals surface area contributed by atoms with Crippen LogP contribution < -0.4 is 10.6 Å². The van der Waals surface area contributed by atoms with Crippen molar-refractivity contribution < 1.29 is 10.2 Å². The number of imidazole rings is 2. The molecule has 248 valence electrons. The summed E-state index contributed by atoms with van der Waals surface area (Å²) >= 11 is 0. The molecule has 1 aliphatic rings. The van der Waals surface area contributed by atoms with Crippen molar-refractivity contribution >= 4 is 22.9 Å². The van der Waals surface area contributed by atoms with Gasteiger partial charge in [0.15, 0.2) is 17.0 Å². The number of aliphatic hydroxyl groups is 2. The number of benzene rings is 2. The van der Waals surface area contributed by atoms with Crippen LogP contribution in [0, 0.1) is 6.92 Å². The molecule has 0 unspecified atom stereocenters. The summed E-state index contributed by atoms with van der Waals surface area (Å²) in [5, 5.41) is 41.1. The Morgan fingerprint density at radius 1 is 0.875 bits per heavy atom. The standard InChI is InChI=1S/C34H40N12O2/c1-21(2)44-18-25(37-19-44)14-15-35-34-39-32(36-17-26(23-10-6-4-7-11-23)24-12-8-5-9-13-24)29-33(40-34)45(20-38-29)27-16-28(31(48)30(27)47)46-22(3)41-42-43-46/h4-13,18-21,26-28,30-31,47-48H,14-17H2,1-3H3,(H2,35,36,39,40)/t27-,28+,30+,31-/m1/s1. The second kappa shape index (κ2) is 13.5. The number of nitrogens with zero attached hydrogens (tertiary/aromatic N) is 10. The summed E-state index contributed by atoms with van der Waals surface area (Å²) in [5.41, 5.74) is 4.44. The molecular weight excluding hydrogens is 608 g/mol. The lowest BCUT2D eigenvalue weighted by atomic mass is 9.91. The molecule has 0 amide bonds. The Morgan fingerprint density at radius 2 is 1.58 bits per heavy atom. The van der Waals surface area contributed by atoms with Crippen molar-refractivity contribution in [1.82, 2.24) is 49.3 Å². The molecule has 14 nitrogen and oxygen atoms in total. The lowest BCUT2D eigenvalue weighted by Crippen LogP contribution is -2.31. The Hall–Kier alpha value is -5.21. The highest BCUT2D eigenvalue weighted by molar-refractivity contribution is 5.84. The van der Waals surface area contributed by atoms with E-state index in [1.54, 1.807) is 17.9 Å². The monoisotopic (exact) mass is 648 g/mol. The Labute approximate surface area is 277 Å². The maximum absolute atomic E-state index is 11.3. The predicted molar refractivity (Wildman–Crippen MR) is 181 cm³/mol. The van der Waals surface area contributed by atoms with E-state index in [9.17, 15) is 10.2 Å². The molecule has 0 aliphatic heterocycles. The van der Waals surface area contributed by atoms with E-state index < -0.39 is 24.3 Å². The van der Waals surface area contributed by atoms with E-state index in [1.807, 2.05) is 47.3 Å². The van der Waals surface area contributed by atoms with Crippen LogP contribution >= 0.6 is 0 Å². The molecular formula is C34H40N12O2. The molecule has 1 aliphatic carbocycles. The van der Waals surface area contributed by atoms with Crippen molar-refractivity contribution in [3.63, 3.8) is 0 Å². The summed E-state index contributed by atoms with van der Waals surface area (Å²) in [6, 6.07) is 20.1. The summed E-state index contributed by atoms with van der Waals surface area (Å²) in [4.78, 5) is 19.0. The van der Waals surface area contributed by atoms with E-state index in [0.717, 1.165) is 5.69 Å². The summed E-state index contributed by atoms with van der Waals surface area (Å²) in [7, 11) is 0. The van der Waals surface area contributed by atoms with E-state index in [4.69, 9.17) is 15.0 Å². The van der Waals surface area contributed by atoms with Crippen LogP contribution in [0.5, 0.6) is 0 Å². The molecule has 4 N–H and O–H groups in total. The summed E-state index contributed by atoms with van der Waals surface area (Å²) in [6.45, 7) is 7.14. The SMILES string of the molecule is Cc1nnnn1[C@H]1C[C@@H](n2cnc3c(NCC(c4ccccc4)c4ccccc4)nc(NCCc4cn(C(C)C)cn4)nc32)[C@H](O)[C@@H]1O. The van der Waals surface area contributed by atoms with Crippen LogP contribution in [0.2, 0.25) is 0 Å². The highest BCUT2D eigenvalue weighted by Crippen LogP contribution is 2.40. The van der Waals surface area contributed by atoms with Crippen molar-refractivity contribution in [3.8, 4) is 0 Å². The van der Waals surface area contributed by atoms with E-state index in [-0.39, 0.29) is 5.92 Å². The van der Waals surface area contributed by atoms with Gasteiger partial charge in [-0.3, -0.25) is 0 Å². The van der Waals surface area contributed by atoms with Crippen molar-refractivity contribution in [2.45, 2.75) is 69.9 Å². The van der Waals surface area contributed by atoms with Gasteiger partial charge >= 0.3 is 0 Å². The molecule has 1 fully saturated rings. The first-order chi connectivity index (χ1) is 23.4. The number of aliphatic hydroxyl groups excluding tert-OH is 2. The molecule has 0 radical (unpaired) electrons. The first kappa shape index (κ1) is 31.4. The quantitative estimate of drug-likeness (QED) is 0.153. The summed E-state index contributed by atoms with van der Waals surface area (Å²) in [5.74, 6) is 1.61. The second-order valence-electron chi connectivity index (χ2n) is 12.6. The lowest BCUT2D eigenvalue weighted by molar-refractivity contribution is 0.00663. The number of rotatable bonds is 12. The van der Waals surface area contributed by atoms with Crippen LogP contribution in [-0.4, -0.2) is 84.8 Å². The van der Waals surface area contributed by atoms with Gasteiger partial charge in [-0.15, -0.1) is 5.10 Å². The molecule has 0 spiro atoms. The van der Waals surface area contributed by atoms with Crippen molar-refractivity contribution in [1.29, 1.82) is 0 Å². The number of tetrazole rings is 1. The largest absolute Gasteiger partial charge is 0.388 e. The Morgan fingerprint density at radius 3 is 2.23 bits per heavy atom. The van der Waals surface area contributed by atoms with Crippen molar-refractivity contribution in [2.24, 2.45) is 0 Å². The minimum absolute atomic E-state index is 0.0547. The van der Waals surface area contributed by atoms with Gasteiger partial charge in [0.2, 0.25) is 5.95 Å². The average Bonchev–Trinajstić information content (AvgIpc) is 3.90. The zero-order chi connectivity index (χ0) is 33.2. The van der Waals surface area contributed by atoms with Crippen LogP contribution in [0.15, 0.2) is 79.5 Å². The van der Waals surface area contributed by atoms with Gasteiger partial charge in [0.05, 0.1) is 30.4 Å². The van der Waals surface area contributed by atoms with Gasteiger partial charge in [-0.05, 0) is 48.7 Å². The zero-order valence-corrected chi connectivity index (χ0v) is 27.2. The normalized spacial score (nSPS) is 19.5. The van der Waals surface area contributed by atoms with Gasteiger partial charge in [-0.2, -0.15) is 9.97 Å². The molecule has 6 aromatic rings. The third-order valence-electron chi connectivity index (χ3n) is 9.16. The fraction of sp³-hybridized carbons (Fsp3) is 0.382. The Bertz CT molecular complexity index is 1920. The Kier molecular flexibility index (Phi) is 8.82. The number of nitrogens with one attached hydrogen (secondary N) is 2. The van der Waals surface area contributed by atoms with E-state index >= 15 is 0 Å². The topological polar surface area (TPSA) is 170 Å². The van der Waals surface area contributed by atoms with Crippen LogP contribution in [0.3, 0.4) is 0 Å². The number of fused-ring (bicyclic) bond motifs is 1. The van der Waals surface area contributed by atoms with Crippen molar-refractivity contribution in [3.05, 3.63) is 102 Å². The number of aryl methyl sites for hydroxylation is 1. The minimum atomic E-state index is -1.09. The fourth-order valence-electron chi connectivity index (χ4n) is 6.50. The van der Waals surface area contributed by atoms with E-state index in [0.29, 0.717) is 60.7 Å². The van der Waals surface area contributed by atoms with Gasteiger partial charge in [0.25, 0.3) is 0 Å². The molecule has 4 atom stereocenters. The van der Waals surface area contributed by atoms with Crippen LogP contribution in [0.4, 0.5) is 11.8 Å². The molecule has 48 heavy (non-hydrogen) atoms. The molecule has 2 aromatic carbocycles. The molecule has 4 heterocycles. The van der Waals surface area contributed by atoms with Crippen LogP contribution in [0.1, 0.15) is 67.0 Å². The first-order valence-corrected chi connectivity index (χ1v) is 16.3. The second-order valence-corrected chi connectivity index (χ2v) is 12.6. The number of hydrogen-bond donors (Lipinski definition) is 4. The highest BCUT2D eigenvalue weighted by Gasteiger charge is 2.45. The van der Waals surface area contributed by atoms with Gasteiger partial charge in [-0.1, -0.05) is 60.7 Å². The van der Waals surface area contributed by atoms with E-state index in [1.165, 1.54) is 11.1 Å². The molecule has 0 saturated heterocycles. The van der Waals surface area contributed by atoms with E-state index in [2.05, 4.69) is 80.0 Å². The molecule has 1 saturated carbocycles. The summed E-state index contributed by atoms with van der Waals surface area (Å²) < 4.78 is 5.48. The lowest BCUT2D eigenvalue weighted by Gasteiger charge is -2.20. The third-order valence-corrected chi connectivity index (χ3v) is 9.16. The van der Waals surface area contributed by atoms with Crippen LogP contribution in [0.25, 0.3) is 11.2 Å². The minimum Gasteiger partial charge on any atom is -0.388 e. The molecule has 0 bridgehead atoms. The summed E-state index contributed by atoms with van der Waals surface area (Å²) in [6.07, 6.45) is 4.48. The third kappa shape index (κ3) is 6.23. The number of anilines is 2. The maximum Gasteiger partial charge on any atom is 0.226 e. The van der Waals surface area contributed by atoms with Gasteiger partial charge < -0.3 is 30.0 Å². The molecule has 4 aromatic heterocycles. The average molecular weight is 649 g/mol. The number of hydrogen-bond acceptors (Lipinski definition) is 11. The molecule has 7 rings (SSSR count). The zero-order valence-electron chi connectivity index (χ0n) is 27.2. The van der Waals surface area contributed by atoms with Crippen molar-refractivity contribution in [2.75, 3.05) is 23.7 Å². The van der Waals surface area contributed by atoms with Gasteiger partial charge in [-0.25, -0.2) is 14.6 Å². The Balaban J connectivity index is 1.21. The van der Waals surface area contributed by atoms with Crippen LogP contribution in [-0.2, 0) is 6.42 Å². The molecule has 14 heteroatoms. The van der Waals surface area contributed by atoms with Gasteiger partial charge in [0, 0.05) is 37.7 Å². The highest BCUT2D eigenvalue weighted by atomic mass is 16.3. The number of aromatic nitrogens is 10. The first-order valence-electron chi connectivity index (χ1n) is 16.3. The van der Waals surface area contributed by atoms with Gasteiger partial charge in [0.1, 0.15) is 18.0 Å². The maximum atomic E-state index is 11.3.